The first kappa shape index (κ1) is 27.2. The van der Waals surface area contributed by atoms with E-state index in [-0.39, 0.29) is 17.9 Å². The van der Waals surface area contributed by atoms with Crippen LogP contribution in [0.25, 0.3) is 10.9 Å². The molecule has 1 amide bonds. The summed E-state index contributed by atoms with van der Waals surface area (Å²) in [5, 5.41) is 4.13. The number of benzene rings is 2. The number of amides is 1. The van der Waals surface area contributed by atoms with Crippen molar-refractivity contribution < 1.29 is 14.3 Å². The number of hydrogen-bond acceptors (Lipinski definition) is 5. The predicted molar refractivity (Wildman–Crippen MR) is 158 cm³/mol. The fraction of sp³-hybridized carbons (Fsp3) is 0.455. The number of para-hydroxylation sites is 1. The zero-order valence-electron chi connectivity index (χ0n) is 23.8. The van der Waals surface area contributed by atoms with Crippen LogP contribution in [0, 0.1) is 11.8 Å². The third-order valence-corrected chi connectivity index (χ3v) is 8.63. The molecule has 1 unspecified atom stereocenters. The van der Waals surface area contributed by atoms with Gasteiger partial charge >= 0.3 is 6.09 Å². The van der Waals surface area contributed by atoms with Gasteiger partial charge in [0.1, 0.15) is 11.9 Å². The van der Waals surface area contributed by atoms with Crippen LogP contribution in [0.1, 0.15) is 75.2 Å². The first-order valence-corrected chi connectivity index (χ1v) is 14.2. The number of rotatable bonds is 8. The normalized spacial score (nSPS) is 23.2. The van der Waals surface area contributed by atoms with Crippen molar-refractivity contribution >= 4 is 22.7 Å². The van der Waals surface area contributed by atoms with Crippen molar-refractivity contribution in [2.45, 2.75) is 64.5 Å². The van der Waals surface area contributed by atoms with Gasteiger partial charge in [-0.15, -0.1) is 6.58 Å². The Hall–Kier alpha value is -3.38. The molecule has 1 N–H and O–H groups in total. The van der Waals surface area contributed by atoms with Crippen molar-refractivity contribution in [1.82, 2.24) is 9.88 Å². The van der Waals surface area contributed by atoms with E-state index in [1.807, 2.05) is 30.5 Å². The molecular formula is C33H41N3O3. The number of ether oxygens (including phenoxy) is 2. The highest BCUT2D eigenvalue weighted by Gasteiger charge is 2.44. The average molecular weight is 528 g/mol. The quantitative estimate of drug-likeness (QED) is 0.305. The summed E-state index contributed by atoms with van der Waals surface area (Å²) in [6, 6.07) is 14.2. The highest BCUT2D eigenvalue weighted by Crippen LogP contribution is 2.44. The zero-order valence-corrected chi connectivity index (χ0v) is 23.8. The van der Waals surface area contributed by atoms with Crippen molar-refractivity contribution in [2.75, 3.05) is 25.5 Å². The van der Waals surface area contributed by atoms with Gasteiger partial charge in [0.2, 0.25) is 0 Å². The number of carbonyl (C=O) groups is 1. The number of hydrogen-bond donors (Lipinski definition) is 1. The number of piperidine rings is 3. The molecule has 39 heavy (non-hydrogen) atoms. The molecule has 3 aromatic rings. The molecule has 0 saturated carbocycles. The Labute approximate surface area is 232 Å². The number of methoxy groups -OCH3 is 1. The molecule has 2 aromatic carbocycles. The minimum atomic E-state index is -0.454. The fourth-order valence-corrected chi connectivity index (χ4v) is 6.51. The van der Waals surface area contributed by atoms with Crippen molar-refractivity contribution in [3.05, 3.63) is 78.0 Å². The first-order valence-electron chi connectivity index (χ1n) is 14.2. The molecule has 0 radical (unpaired) electrons. The van der Waals surface area contributed by atoms with Crippen LogP contribution in [-0.4, -0.2) is 42.2 Å². The molecule has 1 aromatic heterocycles. The second kappa shape index (κ2) is 11.4. The molecule has 2 bridgehead atoms. The second-order valence-corrected chi connectivity index (χ2v) is 11.6. The molecule has 6 heteroatoms. The molecule has 0 spiro atoms. The highest BCUT2D eigenvalue weighted by molar-refractivity contribution is 5.88. The summed E-state index contributed by atoms with van der Waals surface area (Å²) < 4.78 is 12.0. The van der Waals surface area contributed by atoms with Crippen LogP contribution >= 0.6 is 0 Å². The number of anilines is 1. The van der Waals surface area contributed by atoms with Crippen LogP contribution in [-0.2, 0) is 4.74 Å². The van der Waals surface area contributed by atoms with Crippen molar-refractivity contribution in [1.29, 1.82) is 0 Å². The summed E-state index contributed by atoms with van der Waals surface area (Å²) in [7, 11) is 1.67. The number of pyridine rings is 1. The molecule has 3 fully saturated rings. The van der Waals surface area contributed by atoms with E-state index in [1.54, 1.807) is 7.11 Å². The van der Waals surface area contributed by atoms with Crippen molar-refractivity contribution in [3.8, 4) is 5.75 Å². The molecule has 206 valence electrons. The monoisotopic (exact) mass is 527 g/mol. The minimum absolute atomic E-state index is 0.0763. The third-order valence-electron chi connectivity index (χ3n) is 8.63. The molecule has 5 atom stereocenters. The van der Waals surface area contributed by atoms with Gasteiger partial charge in [0, 0.05) is 23.7 Å². The first-order chi connectivity index (χ1) is 18.8. The topological polar surface area (TPSA) is 63.7 Å². The lowest BCUT2D eigenvalue weighted by Gasteiger charge is -2.51. The van der Waals surface area contributed by atoms with Crippen LogP contribution in [0.4, 0.5) is 10.5 Å². The second-order valence-electron chi connectivity index (χ2n) is 11.6. The third kappa shape index (κ3) is 5.40. The average Bonchev–Trinajstić information content (AvgIpc) is 2.95. The van der Waals surface area contributed by atoms with E-state index in [0.29, 0.717) is 11.8 Å². The van der Waals surface area contributed by atoms with E-state index >= 15 is 0 Å². The Balaban J connectivity index is 1.54. The van der Waals surface area contributed by atoms with E-state index in [9.17, 15) is 4.79 Å². The van der Waals surface area contributed by atoms with Crippen LogP contribution < -0.4 is 10.1 Å². The molecule has 3 aliphatic heterocycles. The standard InChI is InChI=1S/C33H41N3O3/c1-7-22-19-36-16-14-23(22)17-30(36)32(27-13-15-34-29-12-11-24(38-6)18-28(27)29)39-33(37)35-31-25(20(2)3)9-8-10-26(31)21(4)5/h7-13,15,18,20-23,30,32H,1,14,16-17,19H2,2-6H3,(H,35,37)/t22-,23-,30+,32-/m0/s1. The zero-order chi connectivity index (χ0) is 27.7. The van der Waals surface area contributed by atoms with Crippen LogP contribution in [0.3, 0.4) is 0 Å². The van der Waals surface area contributed by atoms with Gasteiger partial charge in [0.25, 0.3) is 0 Å². The summed E-state index contributed by atoms with van der Waals surface area (Å²) in [5.41, 5.74) is 4.91. The van der Waals surface area contributed by atoms with E-state index in [1.165, 1.54) is 0 Å². The molecular weight excluding hydrogens is 486 g/mol. The van der Waals surface area contributed by atoms with Gasteiger partial charge in [-0.05, 0) is 78.5 Å². The summed E-state index contributed by atoms with van der Waals surface area (Å²) in [4.78, 5) is 20.8. The van der Waals surface area contributed by atoms with Crippen LogP contribution in [0.5, 0.6) is 5.75 Å². The Kier molecular flexibility index (Phi) is 7.94. The summed E-state index contributed by atoms with van der Waals surface area (Å²) in [6.45, 7) is 14.6. The molecule has 4 heterocycles. The van der Waals surface area contributed by atoms with E-state index in [0.717, 1.165) is 65.0 Å². The van der Waals surface area contributed by atoms with E-state index in [2.05, 4.69) is 73.7 Å². The smallest absolute Gasteiger partial charge is 0.412 e. The van der Waals surface area contributed by atoms with Gasteiger partial charge < -0.3 is 9.47 Å². The van der Waals surface area contributed by atoms with Gasteiger partial charge in [-0.3, -0.25) is 15.2 Å². The van der Waals surface area contributed by atoms with Gasteiger partial charge in [0.05, 0.1) is 24.4 Å². The maximum absolute atomic E-state index is 13.8. The number of nitrogens with one attached hydrogen (secondary N) is 1. The van der Waals surface area contributed by atoms with Gasteiger partial charge in [-0.25, -0.2) is 4.79 Å². The number of fused-ring (bicyclic) bond motifs is 4. The summed E-state index contributed by atoms with van der Waals surface area (Å²) >= 11 is 0. The SMILES string of the molecule is C=C[C@H]1CN2CC[C@H]1C[C@@H]2[C@@H](OC(=O)Nc1c(C(C)C)cccc1C(C)C)c1ccnc2ccc(OC)cc12. The minimum Gasteiger partial charge on any atom is -0.497 e. The van der Waals surface area contributed by atoms with E-state index in [4.69, 9.17) is 9.47 Å². The number of carbonyl (C=O) groups excluding carboxylic acids is 1. The maximum atomic E-state index is 13.8. The lowest BCUT2D eigenvalue weighted by atomic mass is 9.73. The lowest BCUT2D eigenvalue weighted by Crippen LogP contribution is -2.55. The lowest BCUT2D eigenvalue weighted by molar-refractivity contribution is -0.0473. The Bertz CT molecular complexity index is 1330. The van der Waals surface area contributed by atoms with Gasteiger partial charge in [-0.2, -0.15) is 0 Å². The molecule has 3 aliphatic rings. The molecule has 0 aliphatic carbocycles. The Morgan fingerprint density at radius 2 is 1.85 bits per heavy atom. The van der Waals surface area contributed by atoms with Crippen molar-refractivity contribution in [2.24, 2.45) is 11.8 Å². The number of nitrogens with zero attached hydrogens (tertiary/aromatic N) is 2. The van der Waals surface area contributed by atoms with Crippen LogP contribution in [0.2, 0.25) is 0 Å². The summed E-state index contributed by atoms with van der Waals surface area (Å²) in [5.74, 6) is 2.31. The fourth-order valence-electron chi connectivity index (χ4n) is 6.51. The Morgan fingerprint density at radius 3 is 2.46 bits per heavy atom. The van der Waals surface area contributed by atoms with E-state index < -0.39 is 12.2 Å². The highest BCUT2D eigenvalue weighted by atomic mass is 16.6. The molecule has 6 nitrogen and oxygen atoms in total. The predicted octanol–water partition coefficient (Wildman–Crippen LogP) is 7.68. The maximum Gasteiger partial charge on any atom is 0.412 e. The Morgan fingerprint density at radius 1 is 1.10 bits per heavy atom. The van der Waals surface area contributed by atoms with Gasteiger partial charge in [-0.1, -0.05) is 52.0 Å². The van der Waals surface area contributed by atoms with Crippen molar-refractivity contribution in [3.63, 3.8) is 0 Å². The summed E-state index contributed by atoms with van der Waals surface area (Å²) in [6.07, 6.45) is 5.14. The largest absolute Gasteiger partial charge is 0.497 e. The molecule has 3 saturated heterocycles. The molecule has 6 rings (SSSR count). The van der Waals surface area contributed by atoms with Crippen LogP contribution in [0.15, 0.2) is 61.3 Å². The number of aromatic nitrogens is 1. The van der Waals surface area contributed by atoms with Gasteiger partial charge in [0.15, 0.2) is 0 Å².